The van der Waals surface area contributed by atoms with Crippen molar-refractivity contribution in [2.75, 3.05) is 46.0 Å². The Morgan fingerprint density at radius 2 is 2.33 bits per heavy atom. The van der Waals surface area contributed by atoms with Crippen LogP contribution >= 0.6 is 0 Å². The van der Waals surface area contributed by atoms with Crippen molar-refractivity contribution >= 4 is 0 Å². The van der Waals surface area contributed by atoms with Crippen molar-refractivity contribution in [3.63, 3.8) is 0 Å². The van der Waals surface area contributed by atoms with E-state index in [2.05, 4.69) is 17.1 Å². The van der Waals surface area contributed by atoms with Crippen molar-refractivity contribution in [2.24, 2.45) is 0 Å². The molecule has 2 atom stereocenters. The Morgan fingerprint density at radius 3 is 3.13 bits per heavy atom. The van der Waals surface area contributed by atoms with E-state index >= 15 is 0 Å². The minimum Gasteiger partial charge on any atom is -0.376 e. The van der Waals surface area contributed by atoms with Gasteiger partial charge in [0.1, 0.15) is 0 Å². The molecule has 2 unspecified atom stereocenters. The first-order valence-electron chi connectivity index (χ1n) is 5.99. The van der Waals surface area contributed by atoms with Gasteiger partial charge in [-0.15, -0.1) is 0 Å². The summed E-state index contributed by atoms with van der Waals surface area (Å²) in [7, 11) is 0. The lowest BCUT2D eigenvalue weighted by molar-refractivity contribution is -0.0974. The van der Waals surface area contributed by atoms with Crippen molar-refractivity contribution in [2.45, 2.75) is 25.5 Å². The predicted octanol–water partition coefficient (Wildman–Crippen LogP) is 0.0856. The number of ether oxygens (including phenoxy) is 2. The second-order valence-corrected chi connectivity index (χ2v) is 4.54. The highest BCUT2D eigenvalue weighted by Gasteiger charge is 2.20. The van der Waals surface area contributed by atoms with Crippen LogP contribution in [-0.2, 0) is 9.47 Å². The first-order chi connectivity index (χ1) is 7.34. The molecule has 88 valence electrons. The Kier molecular flexibility index (Phi) is 4.38. The molecule has 2 aliphatic heterocycles. The second kappa shape index (κ2) is 5.80. The molecular formula is C11H22N2O2. The van der Waals surface area contributed by atoms with Gasteiger partial charge in [-0.3, -0.25) is 4.90 Å². The number of hydrogen-bond acceptors (Lipinski definition) is 4. The average Bonchev–Trinajstić information content (AvgIpc) is 2.44. The maximum atomic E-state index is 5.67. The lowest BCUT2D eigenvalue weighted by Gasteiger charge is -2.29. The van der Waals surface area contributed by atoms with Gasteiger partial charge in [-0.05, 0) is 26.4 Å². The Bertz CT molecular complexity index is 183. The van der Waals surface area contributed by atoms with Crippen LogP contribution in [0.1, 0.15) is 13.3 Å². The van der Waals surface area contributed by atoms with Gasteiger partial charge >= 0.3 is 0 Å². The highest BCUT2D eigenvalue weighted by molar-refractivity contribution is 4.76. The average molecular weight is 214 g/mol. The van der Waals surface area contributed by atoms with E-state index in [4.69, 9.17) is 9.47 Å². The fourth-order valence-corrected chi connectivity index (χ4v) is 2.29. The Balaban J connectivity index is 1.76. The summed E-state index contributed by atoms with van der Waals surface area (Å²) < 4.78 is 11.1. The Labute approximate surface area is 91.9 Å². The van der Waals surface area contributed by atoms with Gasteiger partial charge in [0.05, 0.1) is 25.9 Å². The van der Waals surface area contributed by atoms with Crippen molar-refractivity contribution in [3.8, 4) is 0 Å². The highest BCUT2D eigenvalue weighted by Crippen LogP contribution is 2.06. The van der Waals surface area contributed by atoms with Crippen LogP contribution in [0.5, 0.6) is 0 Å². The molecule has 0 aromatic rings. The third-order valence-electron chi connectivity index (χ3n) is 3.02. The van der Waals surface area contributed by atoms with Crippen molar-refractivity contribution < 1.29 is 9.47 Å². The predicted molar refractivity (Wildman–Crippen MR) is 59.1 cm³/mol. The molecule has 0 amide bonds. The standard InChI is InChI=1S/C11H22N2O2/c1-10-7-13(4-2-3-12-10)8-11-9-14-5-6-15-11/h10-12H,2-9H2,1H3. The third-order valence-corrected chi connectivity index (χ3v) is 3.02. The van der Waals surface area contributed by atoms with E-state index in [0.29, 0.717) is 6.04 Å². The van der Waals surface area contributed by atoms with Gasteiger partial charge in [-0.1, -0.05) is 0 Å². The minimum absolute atomic E-state index is 0.282. The number of nitrogens with one attached hydrogen (secondary N) is 1. The van der Waals surface area contributed by atoms with Gasteiger partial charge in [-0.2, -0.15) is 0 Å². The lowest BCUT2D eigenvalue weighted by atomic mass is 10.2. The van der Waals surface area contributed by atoms with Crippen molar-refractivity contribution in [3.05, 3.63) is 0 Å². The molecule has 0 bridgehead atoms. The molecule has 0 aromatic carbocycles. The van der Waals surface area contributed by atoms with Crippen LogP contribution in [0.3, 0.4) is 0 Å². The fourth-order valence-electron chi connectivity index (χ4n) is 2.29. The molecule has 0 radical (unpaired) electrons. The van der Waals surface area contributed by atoms with Crippen LogP contribution < -0.4 is 5.32 Å². The molecule has 0 spiro atoms. The summed E-state index contributed by atoms with van der Waals surface area (Å²) in [6.45, 7) is 8.98. The summed E-state index contributed by atoms with van der Waals surface area (Å²) in [6, 6.07) is 0.594. The normalized spacial score (nSPS) is 35.0. The molecule has 2 heterocycles. The number of rotatable bonds is 2. The summed E-state index contributed by atoms with van der Waals surface area (Å²) in [5, 5.41) is 3.50. The molecule has 2 rings (SSSR count). The summed E-state index contributed by atoms with van der Waals surface area (Å²) in [6.07, 6.45) is 1.52. The molecule has 2 saturated heterocycles. The van der Waals surface area contributed by atoms with Crippen LogP contribution in [0.15, 0.2) is 0 Å². The zero-order valence-electron chi connectivity index (χ0n) is 9.58. The molecule has 0 aromatic heterocycles. The molecule has 15 heavy (non-hydrogen) atoms. The third kappa shape index (κ3) is 3.72. The minimum atomic E-state index is 0.282. The quantitative estimate of drug-likeness (QED) is 0.706. The van der Waals surface area contributed by atoms with E-state index in [9.17, 15) is 0 Å². The fraction of sp³-hybridized carbons (Fsp3) is 1.00. The van der Waals surface area contributed by atoms with Crippen LogP contribution in [0.4, 0.5) is 0 Å². The number of hydrogen-bond donors (Lipinski definition) is 1. The molecule has 2 fully saturated rings. The maximum absolute atomic E-state index is 5.67. The van der Waals surface area contributed by atoms with Gasteiger partial charge in [0, 0.05) is 19.1 Å². The van der Waals surface area contributed by atoms with E-state index in [0.717, 1.165) is 39.5 Å². The smallest absolute Gasteiger partial charge is 0.0936 e. The molecule has 4 nitrogen and oxygen atoms in total. The monoisotopic (exact) mass is 214 g/mol. The van der Waals surface area contributed by atoms with Crippen molar-refractivity contribution in [1.29, 1.82) is 0 Å². The molecule has 1 N–H and O–H groups in total. The summed E-state index contributed by atoms with van der Waals surface area (Å²) >= 11 is 0. The van der Waals surface area contributed by atoms with E-state index < -0.39 is 0 Å². The Morgan fingerprint density at radius 1 is 1.40 bits per heavy atom. The van der Waals surface area contributed by atoms with Crippen LogP contribution in [-0.4, -0.2) is 63.0 Å². The van der Waals surface area contributed by atoms with Gasteiger partial charge < -0.3 is 14.8 Å². The summed E-state index contributed by atoms with van der Waals surface area (Å²) in [5.74, 6) is 0. The lowest BCUT2D eigenvalue weighted by Crippen LogP contribution is -2.43. The Hall–Kier alpha value is -0.160. The maximum Gasteiger partial charge on any atom is 0.0936 e. The molecule has 4 heteroatoms. The van der Waals surface area contributed by atoms with Gasteiger partial charge in [0.15, 0.2) is 0 Å². The first-order valence-corrected chi connectivity index (χ1v) is 5.99. The molecule has 2 aliphatic rings. The molecule has 0 aliphatic carbocycles. The summed E-state index contributed by atoms with van der Waals surface area (Å²) in [5.41, 5.74) is 0. The zero-order valence-corrected chi connectivity index (χ0v) is 9.58. The number of nitrogens with zero attached hydrogens (tertiary/aromatic N) is 1. The van der Waals surface area contributed by atoms with Crippen molar-refractivity contribution in [1.82, 2.24) is 10.2 Å². The second-order valence-electron chi connectivity index (χ2n) is 4.54. The van der Waals surface area contributed by atoms with E-state index in [1.165, 1.54) is 13.0 Å². The van der Waals surface area contributed by atoms with E-state index in [1.54, 1.807) is 0 Å². The van der Waals surface area contributed by atoms with Crippen LogP contribution in [0, 0.1) is 0 Å². The van der Waals surface area contributed by atoms with Crippen LogP contribution in [0.2, 0.25) is 0 Å². The van der Waals surface area contributed by atoms with E-state index in [1.807, 2.05) is 0 Å². The topological polar surface area (TPSA) is 33.7 Å². The zero-order chi connectivity index (χ0) is 10.5. The largest absolute Gasteiger partial charge is 0.376 e. The summed E-state index contributed by atoms with van der Waals surface area (Å²) in [4.78, 5) is 2.49. The van der Waals surface area contributed by atoms with Gasteiger partial charge in [-0.25, -0.2) is 0 Å². The highest BCUT2D eigenvalue weighted by atomic mass is 16.6. The van der Waals surface area contributed by atoms with Gasteiger partial charge in [0.25, 0.3) is 0 Å². The van der Waals surface area contributed by atoms with E-state index in [-0.39, 0.29) is 6.10 Å². The molecular weight excluding hydrogens is 192 g/mol. The van der Waals surface area contributed by atoms with Crippen LogP contribution in [0.25, 0.3) is 0 Å². The molecule has 0 saturated carbocycles. The SMILES string of the molecule is CC1CN(CC2COCCO2)CCCN1. The first kappa shape index (κ1) is 11.3. The van der Waals surface area contributed by atoms with Gasteiger partial charge in [0.2, 0.25) is 0 Å².